The zero-order chi connectivity index (χ0) is 19.9. The van der Waals surface area contributed by atoms with E-state index in [0.29, 0.717) is 28.5 Å². The number of ether oxygens (including phenoxy) is 2. The van der Waals surface area contributed by atoms with Gasteiger partial charge >= 0.3 is 6.09 Å². The van der Waals surface area contributed by atoms with Crippen LogP contribution in [-0.2, 0) is 0 Å². The number of fused-ring (bicyclic) bond motifs is 2. The van der Waals surface area contributed by atoms with Gasteiger partial charge in [-0.15, -0.1) is 0 Å². The highest BCUT2D eigenvalue weighted by Crippen LogP contribution is 2.26. The van der Waals surface area contributed by atoms with Crippen LogP contribution in [0.2, 0.25) is 0 Å². The smallest absolute Gasteiger partial charge is 0.413 e. The minimum Gasteiger partial charge on any atom is -0.497 e. The van der Waals surface area contributed by atoms with Gasteiger partial charge in [0.15, 0.2) is 22.7 Å². The lowest BCUT2D eigenvalue weighted by Gasteiger charge is -2.19. The molecule has 0 fully saturated rings. The molecule has 4 aromatic rings. The predicted octanol–water partition coefficient (Wildman–Crippen LogP) is 3.19. The molecule has 0 aliphatic rings. The van der Waals surface area contributed by atoms with Crippen LogP contribution < -0.4 is 14.8 Å². The van der Waals surface area contributed by atoms with E-state index >= 15 is 0 Å². The molecule has 0 spiro atoms. The molecule has 3 heterocycles. The van der Waals surface area contributed by atoms with Gasteiger partial charge in [0.05, 0.1) is 25.0 Å². The topological polar surface area (TPSA) is 107 Å². The molecule has 0 atom stereocenters. The summed E-state index contributed by atoms with van der Waals surface area (Å²) in [5, 5.41) is 8.09. The number of hydrogen-bond donors (Lipinski definition) is 2. The monoisotopic (exact) mass is 380 g/mol. The summed E-state index contributed by atoms with van der Waals surface area (Å²) >= 11 is 0. The molecule has 9 nitrogen and oxygen atoms in total. The Bertz CT molecular complexity index is 1170. The van der Waals surface area contributed by atoms with Gasteiger partial charge < -0.3 is 19.8 Å². The fourth-order valence-electron chi connectivity index (χ4n) is 2.78. The molecule has 144 valence electrons. The van der Waals surface area contributed by atoms with Crippen molar-refractivity contribution in [2.24, 2.45) is 0 Å². The summed E-state index contributed by atoms with van der Waals surface area (Å²) in [5.74, 6) is 1.50. The number of rotatable bonds is 3. The second-order valence-corrected chi connectivity index (χ2v) is 7.32. The van der Waals surface area contributed by atoms with Gasteiger partial charge in [-0.3, -0.25) is 0 Å². The van der Waals surface area contributed by atoms with Crippen molar-refractivity contribution in [2.45, 2.75) is 26.3 Å². The van der Waals surface area contributed by atoms with E-state index in [9.17, 15) is 4.79 Å². The van der Waals surface area contributed by atoms with Crippen molar-refractivity contribution in [1.29, 1.82) is 0 Å². The van der Waals surface area contributed by atoms with E-state index in [1.165, 1.54) is 0 Å². The number of aromatic nitrogens is 5. The van der Waals surface area contributed by atoms with Gasteiger partial charge in [-0.1, -0.05) is 0 Å². The van der Waals surface area contributed by atoms with Crippen LogP contribution in [0.1, 0.15) is 20.8 Å². The Morgan fingerprint density at radius 3 is 2.82 bits per heavy atom. The first kappa shape index (κ1) is 17.8. The highest BCUT2D eigenvalue weighted by molar-refractivity contribution is 5.84. The molecule has 9 heteroatoms. The lowest BCUT2D eigenvalue weighted by molar-refractivity contribution is 0.191. The first-order chi connectivity index (χ1) is 13.3. The molecule has 4 rings (SSSR count). The van der Waals surface area contributed by atoms with Gasteiger partial charge in [0, 0.05) is 23.2 Å². The highest BCUT2D eigenvalue weighted by Gasteiger charge is 2.18. The third kappa shape index (κ3) is 3.34. The molecule has 0 aliphatic carbocycles. The van der Waals surface area contributed by atoms with Crippen molar-refractivity contribution in [3.8, 4) is 17.3 Å². The van der Waals surface area contributed by atoms with Gasteiger partial charge in [0.2, 0.25) is 0 Å². The Morgan fingerprint density at radius 1 is 1.25 bits per heavy atom. The Balaban J connectivity index is 1.73. The SMILES string of the molecule is COc1ccc2cnn(-c3cnc4[nH]cc(OC(=O)NC(C)(C)C)c4n3)c2c1. The van der Waals surface area contributed by atoms with Crippen molar-refractivity contribution in [1.82, 2.24) is 30.0 Å². The predicted molar refractivity (Wildman–Crippen MR) is 104 cm³/mol. The molecule has 28 heavy (non-hydrogen) atoms. The lowest BCUT2D eigenvalue weighted by atomic mass is 10.1. The van der Waals surface area contributed by atoms with Gasteiger partial charge in [-0.05, 0) is 32.9 Å². The maximum Gasteiger partial charge on any atom is 0.413 e. The number of carbonyl (C=O) groups is 1. The fraction of sp³-hybridized carbons (Fsp3) is 0.263. The Hall–Kier alpha value is -3.62. The van der Waals surface area contributed by atoms with E-state index in [4.69, 9.17) is 9.47 Å². The van der Waals surface area contributed by atoms with Crippen LogP contribution >= 0.6 is 0 Å². The molecule has 0 bridgehead atoms. The number of nitrogens with zero attached hydrogens (tertiary/aromatic N) is 4. The summed E-state index contributed by atoms with van der Waals surface area (Å²) in [6.07, 6.45) is 4.34. The second kappa shape index (κ2) is 6.52. The minimum atomic E-state index is -0.560. The maximum absolute atomic E-state index is 12.1. The molecular weight excluding hydrogens is 360 g/mol. The van der Waals surface area contributed by atoms with E-state index in [2.05, 4.69) is 25.4 Å². The number of methoxy groups -OCH3 is 1. The summed E-state index contributed by atoms with van der Waals surface area (Å²) in [7, 11) is 1.61. The summed E-state index contributed by atoms with van der Waals surface area (Å²) in [4.78, 5) is 24.0. The van der Waals surface area contributed by atoms with Gasteiger partial charge in [0.25, 0.3) is 0 Å². The fourth-order valence-corrected chi connectivity index (χ4v) is 2.78. The molecule has 2 N–H and O–H groups in total. The van der Waals surface area contributed by atoms with Gasteiger partial charge in [-0.2, -0.15) is 5.10 Å². The number of amides is 1. The number of hydrogen-bond acceptors (Lipinski definition) is 6. The van der Waals surface area contributed by atoms with E-state index in [0.717, 1.165) is 10.9 Å². The van der Waals surface area contributed by atoms with Crippen LogP contribution in [0.15, 0.2) is 36.8 Å². The number of carbonyl (C=O) groups excluding carboxylic acids is 1. The molecule has 0 radical (unpaired) electrons. The zero-order valence-corrected chi connectivity index (χ0v) is 16.0. The molecular formula is C19H20N6O3. The van der Waals surface area contributed by atoms with Crippen molar-refractivity contribution >= 4 is 28.2 Å². The van der Waals surface area contributed by atoms with Crippen LogP contribution in [0.4, 0.5) is 4.79 Å². The Morgan fingerprint density at radius 2 is 2.07 bits per heavy atom. The minimum absolute atomic E-state index is 0.292. The number of aromatic amines is 1. The first-order valence-corrected chi connectivity index (χ1v) is 8.70. The van der Waals surface area contributed by atoms with Crippen LogP contribution in [0.5, 0.6) is 11.5 Å². The summed E-state index contributed by atoms with van der Waals surface area (Å²) in [6, 6.07) is 5.67. The van der Waals surface area contributed by atoms with Gasteiger partial charge in [0.1, 0.15) is 5.75 Å². The first-order valence-electron chi connectivity index (χ1n) is 8.70. The molecule has 0 unspecified atom stereocenters. The molecule has 0 aliphatic heterocycles. The number of nitrogens with one attached hydrogen (secondary N) is 2. The third-order valence-electron chi connectivity index (χ3n) is 4.01. The number of benzene rings is 1. The molecule has 0 saturated carbocycles. The largest absolute Gasteiger partial charge is 0.497 e. The van der Waals surface area contributed by atoms with Gasteiger partial charge in [-0.25, -0.2) is 19.4 Å². The van der Waals surface area contributed by atoms with Crippen molar-refractivity contribution < 1.29 is 14.3 Å². The molecule has 3 aromatic heterocycles. The van der Waals surface area contributed by atoms with Crippen LogP contribution in [0, 0.1) is 0 Å². The summed E-state index contributed by atoms with van der Waals surface area (Å²) in [6.45, 7) is 5.62. The Labute approximate surface area is 160 Å². The van der Waals surface area contributed by atoms with Crippen molar-refractivity contribution in [3.63, 3.8) is 0 Å². The quantitative estimate of drug-likeness (QED) is 0.565. The van der Waals surface area contributed by atoms with E-state index in [-0.39, 0.29) is 0 Å². The van der Waals surface area contributed by atoms with Crippen LogP contribution in [0.25, 0.3) is 27.9 Å². The summed E-state index contributed by atoms with van der Waals surface area (Å²) < 4.78 is 12.4. The van der Waals surface area contributed by atoms with E-state index in [1.54, 1.807) is 30.4 Å². The second-order valence-electron chi connectivity index (χ2n) is 7.32. The molecule has 1 amide bonds. The lowest BCUT2D eigenvalue weighted by Crippen LogP contribution is -2.42. The maximum atomic E-state index is 12.1. The van der Waals surface area contributed by atoms with E-state index < -0.39 is 11.6 Å². The zero-order valence-electron chi connectivity index (χ0n) is 16.0. The molecule has 0 saturated heterocycles. The van der Waals surface area contributed by atoms with Crippen molar-refractivity contribution in [2.75, 3.05) is 7.11 Å². The highest BCUT2D eigenvalue weighted by atomic mass is 16.6. The molecule has 1 aromatic carbocycles. The van der Waals surface area contributed by atoms with Crippen LogP contribution in [-0.4, -0.2) is 43.5 Å². The average Bonchev–Trinajstić information content (AvgIpc) is 3.23. The normalized spacial score (nSPS) is 11.7. The summed E-state index contributed by atoms with van der Waals surface area (Å²) in [5.41, 5.74) is 1.37. The Kier molecular flexibility index (Phi) is 4.14. The van der Waals surface area contributed by atoms with Crippen LogP contribution in [0.3, 0.4) is 0 Å². The number of H-pyrrole nitrogens is 1. The standard InChI is InChI=1S/C19H20N6O3/c1-19(2,3)24-18(26)28-14-9-20-17-16(14)23-15(10-21-17)25-13-7-12(27-4)6-5-11(13)8-22-25/h5-10H,1-4H3,(H,20,21)(H,24,26). The third-order valence-corrected chi connectivity index (χ3v) is 4.01. The van der Waals surface area contributed by atoms with E-state index in [1.807, 2.05) is 39.0 Å². The average molecular weight is 380 g/mol. The van der Waals surface area contributed by atoms with Crippen molar-refractivity contribution in [3.05, 3.63) is 36.8 Å².